The monoisotopic (exact) mass is 390 g/mol. The first-order chi connectivity index (χ1) is 14.6. The van der Waals surface area contributed by atoms with Crippen molar-refractivity contribution in [1.29, 1.82) is 0 Å². The van der Waals surface area contributed by atoms with E-state index in [0.717, 1.165) is 33.8 Å². The molecular formula is C26H22N4. The first-order valence-electron chi connectivity index (χ1n) is 10.1. The standard InChI is InChI=1S/C26H22N4/c1-17-14-19(3)22(15-18(17)2)23-16-30-26(27-23)28-24(20-10-6-4-7-11-20)25(29-30)21-12-8-5-9-13-21/h4-16H,1-3H3. The van der Waals surface area contributed by atoms with Crippen LogP contribution in [0.25, 0.3) is 39.5 Å². The van der Waals surface area contributed by atoms with Gasteiger partial charge in [-0.05, 0) is 43.5 Å². The maximum absolute atomic E-state index is 4.93. The number of hydrogen-bond donors (Lipinski definition) is 0. The van der Waals surface area contributed by atoms with Crippen LogP contribution in [-0.2, 0) is 0 Å². The minimum absolute atomic E-state index is 0.598. The molecule has 0 unspecified atom stereocenters. The highest BCUT2D eigenvalue weighted by Gasteiger charge is 2.16. The fourth-order valence-corrected chi connectivity index (χ4v) is 3.77. The molecule has 2 heterocycles. The Bertz CT molecular complexity index is 1280. The van der Waals surface area contributed by atoms with Crippen molar-refractivity contribution >= 4 is 5.78 Å². The van der Waals surface area contributed by atoms with Crippen molar-refractivity contribution < 1.29 is 0 Å². The van der Waals surface area contributed by atoms with Gasteiger partial charge in [0, 0.05) is 16.7 Å². The Morgan fingerprint density at radius 2 is 1.23 bits per heavy atom. The highest BCUT2D eigenvalue weighted by molar-refractivity contribution is 5.78. The van der Waals surface area contributed by atoms with E-state index in [2.05, 4.69) is 57.2 Å². The van der Waals surface area contributed by atoms with Crippen molar-refractivity contribution in [3.8, 4) is 33.8 Å². The first-order valence-corrected chi connectivity index (χ1v) is 10.1. The number of imidazole rings is 1. The average Bonchev–Trinajstić information content (AvgIpc) is 3.19. The molecule has 0 saturated carbocycles. The predicted octanol–water partition coefficient (Wildman–Crippen LogP) is 6.05. The second-order valence-corrected chi connectivity index (χ2v) is 7.66. The molecule has 5 rings (SSSR count). The summed E-state index contributed by atoms with van der Waals surface area (Å²) in [6, 6.07) is 24.8. The van der Waals surface area contributed by atoms with Crippen LogP contribution < -0.4 is 0 Å². The number of hydrogen-bond acceptors (Lipinski definition) is 3. The third-order valence-corrected chi connectivity index (χ3v) is 5.52. The number of aryl methyl sites for hydroxylation is 3. The summed E-state index contributed by atoms with van der Waals surface area (Å²) in [6.07, 6.45) is 1.97. The Morgan fingerprint density at radius 3 is 1.90 bits per heavy atom. The highest BCUT2D eigenvalue weighted by Crippen LogP contribution is 2.30. The number of aromatic nitrogens is 4. The Hall–Kier alpha value is -3.79. The Labute approximate surface area is 175 Å². The second kappa shape index (κ2) is 7.23. The van der Waals surface area contributed by atoms with E-state index in [-0.39, 0.29) is 0 Å². The lowest BCUT2D eigenvalue weighted by atomic mass is 9.99. The second-order valence-electron chi connectivity index (χ2n) is 7.66. The van der Waals surface area contributed by atoms with Crippen LogP contribution >= 0.6 is 0 Å². The van der Waals surface area contributed by atoms with Crippen molar-refractivity contribution in [3.05, 3.63) is 95.7 Å². The van der Waals surface area contributed by atoms with Gasteiger partial charge >= 0.3 is 0 Å². The molecule has 30 heavy (non-hydrogen) atoms. The molecule has 0 spiro atoms. The zero-order valence-electron chi connectivity index (χ0n) is 17.3. The van der Waals surface area contributed by atoms with Gasteiger partial charge in [-0.1, -0.05) is 66.7 Å². The molecule has 0 fully saturated rings. The minimum atomic E-state index is 0.598. The topological polar surface area (TPSA) is 43.1 Å². The molecule has 0 atom stereocenters. The number of nitrogens with zero attached hydrogens (tertiary/aromatic N) is 4. The van der Waals surface area contributed by atoms with Gasteiger partial charge in [0.1, 0.15) is 11.4 Å². The smallest absolute Gasteiger partial charge is 0.209 e. The summed E-state index contributed by atoms with van der Waals surface area (Å²) < 4.78 is 1.79. The van der Waals surface area contributed by atoms with Crippen molar-refractivity contribution in [3.63, 3.8) is 0 Å². The Balaban J connectivity index is 1.75. The molecule has 2 aromatic heterocycles. The van der Waals surface area contributed by atoms with Crippen LogP contribution in [-0.4, -0.2) is 19.6 Å². The zero-order valence-corrected chi connectivity index (χ0v) is 17.3. The van der Waals surface area contributed by atoms with Crippen molar-refractivity contribution in [2.75, 3.05) is 0 Å². The van der Waals surface area contributed by atoms with Gasteiger partial charge in [-0.3, -0.25) is 0 Å². The largest absolute Gasteiger partial charge is 0.251 e. The fourth-order valence-electron chi connectivity index (χ4n) is 3.77. The summed E-state index contributed by atoms with van der Waals surface area (Å²) in [6.45, 7) is 6.39. The zero-order chi connectivity index (χ0) is 20.7. The van der Waals surface area contributed by atoms with E-state index < -0.39 is 0 Å². The van der Waals surface area contributed by atoms with Crippen LogP contribution in [0.5, 0.6) is 0 Å². The van der Waals surface area contributed by atoms with Gasteiger partial charge in [0.05, 0.1) is 11.9 Å². The minimum Gasteiger partial charge on any atom is -0.209 e. The maximum atomic E-state index is 4.93. The van der Waals surface area contributed by atoms with Crippen LogP contribution in [0.4, 0.5) is 0 Å². The van der Waals surface area contributed by atoms with Crippen LogP contribution in [0.2, 0.25) is 0 Å². The van der Waals surface area contributed by atoms with Crippen molar-refractivity contribution in [2.45, 2.75) is 20.8 Å². The van der Waals surface area contributed by atoms with E-state index >= 15 is 0 Å². The molecule has 3 aromatic carbocycles. The summed E-state index contributed by atoms with van der Waals surface area (Å²) in [5, 5.41) is 4.93. The molecule has 5 aromatic rings. The molecule has 4 nitrogen and oxygen atoms in total. The van der Waals surface area contributed by atoms with Gasteiger partial charge in [-0.15, -0.1) is 0 Å². The Morgan fingerprint density at radius 1 is 0.633 bits per heavy atom. The normalized spacial score (nSPS) is 11.2. The summed E-state index contributed by atoms with van der Waals surface area (Å²) in [5.41, 5.74) is 9.48. The first kappa shape index (κ1) is 18.3. The molecule has 0 aliphatic heterocycles. The van der Waals surface area contributed by atoms with Crippen molar-refractivity contribution in [1.82, 2.24) is 19.6 Å². The average molecular weight is 390 g/mol. The van der Waals surface area contributed by atoms with E-state index in [9.17, 15) is 0 Å². The van der Waals surface area contributed by atoms with Crippen LogP contribution in [0, 0.1) is 20.8 Å². The van der Waals surface area contributed by atoms with Crippen molar-refractivity contribution in [2.24, 2.45) is 0 Å². The van der Waals surface area contributed by atoms with E-state index in [0.29, 0.717) is 5.78 Å². The summed E-state index contributed by atoms with van der Waals surface area (Å²) in [7, 11) is 0. The quantitative estimate of drug-likeness (QED) is 0.377. The van der Waals surface area contributed by atoms with E-state index in [4.69, 9.17) is 15.1 Å². The Kier molecular flexibility index (Phi) is 4.40. The number of rotatable bonds is 3. The molecule has 0 aliphatic rings. The third-order valence-electron chi connectivity index (χ3n) is 5.52. The molecule has 0 saturated heterocycles. The lowest BCUT2D eigenvalue weighted by Gasteiger charge is -2.08. The van der Waals surface area contributed by atoms with Gasteiger partial charge in [0.2, 0.25) is 0 Å². The summed E-state index contributed by atoms with van der Waals surface area (Å²) in [5.74, 6) is 0.598. The fraction of sp³-hybridized carbons (Fsp3) is 0.115. The lowest BCUT2D eigenvalue weighted by Crippen LogP contribution is -2.00. The number of benzene rings is 3. The summed E-state index contributed by atoms with van der Waals surface area (Å²) >= 11 is 0. The summed E-state index contributed by atoms with van der Waals surface area (Å²) in [4.78, 5) is 9.75. The molecular weight excluding hydrogens is 368 g/mol. The molecule has 146 valence electrons. The van der Waals surface area contributed by atoms with Crippen LogP contribution in [0.15, 0.2) is 79.0 Å². The molecule has 0 aliphatic carbocycles. The molecule has 4 heteroatoms. The van der Waals surface area contributed by atoms with Gasteiger partial charge in [0.15, 0.2) is 0 Å². The van der Waals surface area contributed by atoms with Crippen LogP contribution in [0.3, 0.4) is 0 Å². The number of fused-ring (bicyclic) bond motifs is 1. The van der Waals surface area contributed by atoms with Gasteiger partial charge in [0.25, 0.3) is 5.78 Å². The highest BCUT2D eigenvalue weighted by atomic mass is 15.3. The molecule has 0 radical (unpaired) electrons. The van der Waals surface area contributed by atoms with E-state index in [1.165, 1.54) is 16.7 Å². The van der Waals surface area contributed by atoms with E-state index in [1.54, 1.807) is 4.52 Å². The third kappa shape index (κ3) is 3.16. The van der Waals surface area contributed by atoms with Gasteiger partial charge < -0.3 is 0 Å². The molecule has 0 N–H and O–H groups in total. The maximum Gasteiger partial charge on any atom is 0.251 e. The lowest BCUT2D eigenvalue weighted by molar-refractivity contribution is 0.912. The van der Waals surface area contributed by atoms with Gasteiger partial charge in [-0.25, -0.2) is 14.5 Å². The molecule has 0 amide bonds. The molecule has 0 bridgehead atoms. The van der Waals surface area contributed by atoms with E-state index in [1.807, 2.05) is 42.6 Å². The SMILES string of the molecule is Cc1cc(C)c(-c2cn3nc(-c4ccccc4)c(-c4ccccc4)nc3n2)cc1C. The van der Waals surface area contributed by atoms with Gasteiger partial charge in [-0.2, -0.15) is 5.10 Å². The predicted molar refractivity (Wildman–Crippen MR) is 121 cm³/mol. The van der Waals surface area contributed by atoms with Crippen LogP contribution in [0.1, 0.15) is 16.7 Å².